The molecule has 5 rings (SSSR count). The first-order valence-electron chi connectivity index (χ1n) is 10.6. The molecule has 0 N–H and O–H groups in total. The molecule has 1 spiro atoms. The second kappa shape index (κ2) is 8.39. The summed E-state index contributed by atoms with van der Waals surface area (Å²) >= 11 is 1.05. The molecule has 0 aliphatic carbocycles. The molecule has 2 saturated heterocycles. The van der Waals surface area contributed by atoms with Crippen LogP contribution in [0.2, 0.25) is 0 Å². The third-order valence-corrected chi connectivity index (χ3v) is 6.61. The van der Waals surface area contributed by atoms with Gasteiger partial charge in [-0.2, -0.15) is 5.11 Å². The number of aromatic nitrogens is 2. The van der Waals surface area contributed by atoms with Crippen molar-refractivity contribution in [1.29, 1.82) is 0 Å². The molecule has 30 heavy (non-hydrogen) atoms. The molecule has 9 heteroatoms. The Morgan fingerprint density at radius 1 is 1.03 bits per heavy atom. The first-order valence-corrected chi connectivity index (χ1v) is 11.3. The lowest BCUT2D eigenvalue weighted by Gasteiger charge is -2.41. The summed E-state index contributed by atoms with van der Waals surface area (Å²) in [6.07, 6.45) is 6.52. The van der Waals surface area contributed by atoms with Crippen LogP contribution >= 0.6 is 12.2 Å². The van der Waals surface area contributed by atoms with Crippen LogP contribution in [0.3, 0.4) is 0 Å². The summed E-state index contributed by atoms with van der Waals surface area (Å²) in [5, 5.41) is 4.80. The lowest BCUT2D eigenvalue weighted by atomic mass is 9.80. The van der Waals surface area contributed by atoms with Crippen LogP contribution in [0.25, 0.3) is 0 Å². The molecule has 4 heterocycles. The van der Waals surface area contributed by atoms with Crippen molar-refractivity contribution in [2.45, 2.75) is 31.7 Å². The van der Waals surface area contributed by atoms with E-state index >= 15 is 0 Å². The number of fused-ring (bicyclic) bond motifs is 3. The number of morpholine rings is 1. The van der Waals surface area contributed by atoms with Crippen molar-refractivity contribution in [2.75, 3.05) is 49.2 Å². The molecule has 8 nitrogen and oxygen atoms in total. The van der Waals surface area contributed by atoms with Gasteiger partial charge in [0, 0.05) is 49.8 Å². The first kappa shape index (κ1) is 19.6. The molecule has 1 aromatic heterocycles. The van der Waals surface area contributed by atoms with Crippen LogP contribution in [-0.4, -0.2) is 49.4 Å². The van der Waals surface area contributed by atoms with Gasteiger partial charge in [-0.15, -0.1) is 0 Å². The number of nitrogens with zero attached hydrogens (tertiary/aromatic N) is 6. The quantitative estimate of drug-likeness (QED) is 0.546. The SMILES string of the molecule is CCc1cnc(N2CCC3(CC2)/N=N\SOc2ccc(N4CCOCC4)c3c2)nc1. The topological polar surface area (TPSA) is 75.4 Å². The average molecular weight is 427 g/mol. The van der Waals surface area contributed by atoms with E-state index in [0.717, 1.165) is 88.1 Å². The Morgan fingerprint density at radius 2 is 1.80 bits per heavy atom. The fourth-order valence-corrected chi connectivity index (χ4v) is 4.78. The maximum Gasteiger partial charge on any atom is 0.225 e. The van der Waals surface area contributed by atoms with Crippen LogP contribution in [-0.2, 0) is 16.7 Å². The van der Waals surface area contributed by atoms with Crippen molar-refractivity contribution in [3.8, 4) is 5.75 Å². The van der Waals surface area contributed by atoms with Gasteiger partial charge in [-0.05, 0) is 43.0 Å². The Balaban J connectivity index is 1.44. The van der Waals surface area contributed by atoms with E-state index in [1.165, 1.54) is 11.3 Å². The van der Waals surface area contributed by atoms with Crippen molar-refractivity contribution >= 4 is 23.9 Å². The zero-order chi connectivity index (χ0) is 20.4. The van der Waals surface area contributed by atoms with Gasteiger partial charge < -0.3 is 18.7 Å². The molecule has 2 bridgehead atoms. The zero-order valence-electron chi connectivity index (χ0n) is 17.2. The second-order valence-electron chi connectivity index (χ2n) is 7.88. The van der Waals surface area contributed by atoms with Crippen LogP contribution in [0.1, 0.15) is 30.9 Å². The minimum Gasteiger partial charge on any atom is -0.403 e. The van der Waals surface area contributed by atoms with Gasteiger partial charge >= 0.3 is 0 Å². The van der Waals surface area contributed by atoms with E-state index in [9.17, 15) is 0 Å². The Bertz CT molecular complexity index is 908. The zero-order valence-corrected chi connectivity index (χ0v) is 18.0. The van der Waals surface area contributed by atoms with Crippen molar-refractivity contribution in [1.82, 2.24) is 9.97 Å². The molecular formula is C21H26N6O2S. The van der Waals surface area contributed by atoms with Crippen molar-refractivity contribution < 1.29 is 8.92 Å². The lowest BCUT2D eigenvalue weighted by Crippen LogP contribution is -2.44. The van der Waals surface area contributed by atoms with E-state index in [-0.39, 0.29) is 5.54 Å². The predicted molar refractivity (Wildman–Crippen MR) is 117 cm³/mol. The predicted octanol–water partition coefficient (Wildman–Crippen LogP) is 3.78. The van der Waals surface area contributed by atoms with Crippen LogP contribution in [0, 0.1) is 0 Å². The van der Waals surface area contributed by atoms with Gasteiger partial charge in [0.15, 0.2) is 0 Å². The van der Waals surface area contributed by atoms with Crippen LogP contribution < -0.4 is 14.0 Å². The first-order chi connectivity index (χ1) is 14.8. The van der Waals surface area contributed by atoms with Crippen molar-refractivity contribution in [3.63, 3.8) is 0 Å². The molecule has 3 aliphatic heterocycles. The monoisotopic (exact) mass is 426 g/mol. The third kappa shape index (κ3) is 3.72. The van der Waals surface area contributed by atoms with Gasteiger partial charge in [-0.25, -0.2) is 9.97 Å². The number of piperidine rings is 1. The number of rotatable bonds is 3. The highest BCUT2D eigenvalue weighted by Gasteiger charge is 2.41. The molecule has 2 fully saturated rings. The molecule has 0 unspecified atom stereocenters. The molecule has 0 saturated carbocycles. The highest BCUT2D eigenvalue weighted by Crippen LogP contribution is 2.46. The van der Waals surface area contributed by atoms with Gasteiger partial charge in [0.2, 0.25) is 18.2 Å². The Morgan fingerprint density at radius 3 is 2.53 bits per heavy atom. The molecular weight excluding hydrogens is 400 g/mol. The highest BCUT2D eigenvalue weighted by atomic mass is 32.2. The van der Waals surface area contributed by atoms with Crippen LogP contribution in [0.4, 0.5) is 11.6 Å². The van der Waals surface area contributed by atoms with E-state index in [1.807, 2.05) is 18.5 Å². The Hall–Kier alpha value is -2.39. The smallest absolute Gasteiger partial charge is 0.225 e. The number of ether oxygens (including phenoxy) is 1. The number of hydrogen-bond acceptors (Lipinski definition) is 9. The largest absolute Gasteiger partial charge is 0.403 e. The average Bonchev–Trinajstić information content (AvgIpc) is 2.82. The van der Waals surface area contributed by atoms with Crippen LogP contribution in [0.5, 0.6) is 5.75 Å². The van der Waals surface area contributed by atoms with E-state index in [2.05, 4.69) is 43.3 Å². The maximum absolute atomic E-state index is 5.66. The Labute approximate surface area is 181 Å². The molecule has 1 aromatic carbocycles. The molecule has 158 valence electrons. The number of hydrogen-bond donors (Lipinski definition) is 0. The van der Waals surface area contributed by atoms with Crippen LogP contribution in [0.15, 0.2) is 40.2 Å². The van der Waals surface area contributed by atoms with Crippen molar-refractivity contribution in [2.24, 2.45) is 9.63 Å². The normalized spacial score (nSPS) is 21.6. The van der Waals surface area contributed by atoms with Gasteiger partial charge in [-0.3, -0.25) is 0 Å². The highest BCUT2D eigenvalue weighted by molar-refractivity contribution is 7.93. The van der Waals surface area contributed by atoms with E-state index in [1.54, 1.807) is 0 Å². The van der Waals surface area contributed by atoms with Gasteiger partial charge in [0.1, 0.15) is 11.3 Å². The summed E-state index contributed by atoms with van der Waals surface area (Å²) in [5.41, 5.74) is 3.21. The van der Waals surface area contributed by atoms with Gasteiger partial charge in [-0.1, -0.05) is 11.4 Å². The van der Waals surface area contributed by atoms with Gasteiger partial charge in [0.25, 0.3) is 0 Å². The maximum atomic E-state index is 5.66. The molecule has 0 amide bonds. The van der Waals surface area contributed by atoms with Gasteiger partial charge in [0.05, 0.1) is 13.2 Å². The number of aryl methyl sites for hydroxylation is 1. The third-order valence-electron chi connectivity index (χ3n) is 6.19. The summed E-state index contributed by atoms with van der Waals surface area (Å²) in [7, 11) is 0. The summed E-state index contributed by atoms with van der Waals surface area (Å²) in [6.45, 7) is 7.07. The summed E-state index contributed by atoms with van der Waals surface area (Å²) in [4.78, 5) is 13.8. The lowest BCUT2D eigenvalue weighted by molar-refractivity contribution is 0.122. The minimum atomic E-state index is -0.361. The second-order valence-corrected chi connectivity index (χ2v) is 8.36. The summed E-state index contributed by atoms with van der Waals surface area (Å²) in [5.74, 6) is 1.62. The molecule has 0 radical (unpaired) electrons. The number of benzene rings is 1. The van der Waals surface area contributed by atoms with Crippen molar-refractivity contribution in [3.05, 3.63) is 41.7 Å². The van der Waals surface area contributed by atoms with E-state index < -0.39 is 0 Å². The van der Waals surface area contributed by atoms with E-state index in [4.69, 9.17) is 14.0 Å². The van der Waals surface area contributed by atoms with E-state index in [0.29, 0.717) is 0 Å². The fraction of sp³-hybridized carbons (Fsp3) is 0.524. The Kier molecular flexibility index (Phi) is 5.47. The fourth-order valence-electron chi connectivity index (χ4n) is 4.37. The summed E-state index contributed by atoms with van der Waals surface area (Å²) < 4.78 is 15.5. The standard InChI is InChI=1S/C21H26N6O2S/c1-2-16-14-22-20(23-15-16)27-7-5-21(6-8-27)18-13-17(29-30-25-24-21)3-4-19(18)26-9-11-28-12-10-26/h3-4,13-15H,2,5-12H2,1H3/b25-24-. The minimum absolute atomic E-state index is 0.361. The molecule has 3 aliphatic rings. The number of anilines is 2. The summed E-state index contributed by atoms with van der Waals surface area (Å²) in [6, 6.07) is 6.34. The molecule has 2 aromatic rings. The molecule has 0 atom stereocenters.